The predicted molar refractivity (Wildman–Crippen MR) is 111 cm³/mol. The van der Waals surface area contributed by atoms with Gasteiger partial charge in [0.15, 0.2) is 0 Å². The number of benzene rings is 2. The van der Waals surface area contributed by atoms with Crippen LogP contribution >= 0.6 is 0 Å². The highest BCUT2D eigenvalue weighted by molar-refractivity contribution is 5.80. The van der Waals surface area contributed by atoms with Gasteiger partial charge >= 0.3 is 0 Å². The van der Waals surface area contributed by atoms with Gasteiger partial charge in [-0.05, 0) is 57.2 Å². The molecule has 138 valence electrons. The molecule has 0 radical (unpaired) electrons. The Morgan fingerprint density at radius 1 is 0.808 bits per heavy atom. The third-order valence-electron chi connectivity index (χ3n) is 4.98. The van der Waals surface area contributed by atoms with Crippen molar-refractivity contribution in [1.29, 1.82) is 0 Å². The summed E-state index contributed by atoms with van der Waals surface area (Å²) < 4.78 is 5.53. The van der Waals surface area contributed by atoms with Gasteiger partial charge in [-0.1, -0.05) is 59.7 Å². The average molecular weight is 350 g/mol. The van der Waals surface area contributed by atoms with E-state index in [-0.39, 0.29) is 10.8 Å². The Morgan fingerprint density at radius 3 is 2.15 bits per heavy atom. The highest BCUT2D eigenvalue weighted by atomic mass is 16.5. The van der Waals surface area contributed by atoms with Crippen LogP contribution in [0.25, 0.3) is 10.9 Å². The predicted octanol–water partition coefficient (Wildman–Crippen LogP) is 6.38. The van der Waals surface area contributed by atoms with E-state index in [9.17, 15) is 0 Å². The Bertz CT molecular complexity index is 890. The molecule has 0 saturated heterocycles. The number of rotatable bonds is 0. The lowest BCUT2D eigenvalue weighted by Crippen LogP contribution is -2.10. The van der Waals surface area contributed by atoms with Crippen LogP contribution in [0, 0.1) is 0 Å². The Morgan fingerprint density at radius 2 is 1.46 bits per heavy atom. The monoisotopic (exact) mass is 349 g/mol. The van der Waals surface area contributed by atoms with Gasteiger partial charge in [-0.25, -0.2) is 0 Å². The summed E-state index contributed by atoms with van der Waals surface area (Å²) in [4.78, 5) is 3.20. The van der Waals surface area contributed by atoms with Crippen LogP contribution in [0.15, 0.2) is 48.7 Å². The average Bonchev–Trinajstić information content (AvgIpc) is 3.21. The fraction of sp³-hybridized carbons (Fsp3) is 0.417. The van der Waals surface area contributed by atoms with Crippen LogP contribution in [0.4, 0.5) is 0 Å². The van der Waals surface area contributed by atoms with E-state index in [0.717, 1.165) is 18.8 Å². The number of nitrogens with one attached hydrogen (secondary N) is 1. The molecular weight excluding hydrogens is 318 g/mol. The molecule has 3 aromatic rings. The molecule has 1 aromatic heterocycles. The molecule has 1 N–H and O–H groups in total. The van der Waals surface area contributed by atoms with Crippen LogP contribution < -0.4 is 4.74 Å². The van der Waals surface area contributed by atoms with Gasteiger partial charge in [0, 0.05) is 18.1 Å². The summed E-state index contributed by atoms with van der Waals surface area (Å²) in [5.41, 5.74) is 5.78. The van der Waals surface area contributed by atoms with Gasteiger partial charge in [0.25, 0.3) is 0 Å². The molecule has 1 aliphatic heterocycles. The van der Waals surface area contributed by atoms with Crippen LogP contribution in [0.2, 0.25) is 0 Å². The van der Waals surface area contributed by atoms with Crippen LogP contribution in [0.3, 0.4) is 0 Å². The molecule has 0 unspecified atom stereocenters. The molecule has 0 fully saturated rings. The van der Waals surface area contributed by atoms with Crippen LogP contribution in [0.1, 0.15) is 58.2 Å². The lowest BCUT2D eigenvalue weighted by atomic mass is 9.86. The molecule has 26 heavy (non-hydrogen) atoms. The molecule has 0 saturated carbocycles. The third-order valence-corrected chi connectivity index (χ3v) is 4.98. The lowest BCUT2D eigenvalue weighted by Gasteiger charge is -2.19. The molecule has 0 spiro atoms. The first kappa shape index (κ1) is 18.6. The van der Waals surface area contributed by atoms with Crippen molar-refractivity contribution < 1.29 is 4.74 Å². The minimum absolute atomic E-state index is 0.223. The van der Waals surface area contributed by atoms with E-state index < -0.39 is 0 Å². The third kappa shape index (κ3) is 4.12. The second-order valence-electron chi connectivity index (χ2n) is 9.20. The molecule has 2 heterocycles. The fourth-order valence-electron chi connectivity index (χ4n) is 3.15. The van der Waals surface area contributed by atoms with E-state index in [4.69, 9.17) is 4.74 Å². The SMILES string of the molecule is CC(C)(C)c1ccc2[nH]ccc2c1.CC(C)(C)c1ccc2c(c1)OCC2. The van der Waals surface area contributed by atoms with Crippen molar-refractivity contribution in [3.63, 3.8) is 0 Å². The maximum Gasteiger partial charge on any atom is 0.122 e. The van der Waals surface area contributed by atoms with Gasteiger partial charge < -0.3 is 9.72 Å². The lowest BCUT2D eigenvalue weighted by molar-refractivity contribution is 0.356. The molecule has 2 heteroatoms. The second kappa shape index (κ2) is 6.83. The highest BCUT2D eigenvalue weighted by Crippen LogP contribution is 2.31. The first-order chi connectivity index (χ1) is 12.1. The second-order valence-corrected chi connectivity index (χ2v) is 9.20. The molecule has 0 aliphatic carbocycles. The zero-order chi connectivity index (χ0) is 18.9. The first-order valence-corrected chi connectivity index (χ1v) is 9.48. The van der Waals surface area contributed by atoms with Gasteiger partial charge in [0.1, 0.15) is 5.75 Å². The largest absolute Gasteiger partial charge is 0.493 e. The molecule has 4 rings (SSSR count). The minimum atomic E-state index is 0.223. The van der Waals surface area contributed by atoms with Crippen molar-refractivity contribution in [1.82, 2.24) is 4.98 Å². The Kier molecular flexibility index (Phi) is 4.88. The summed E-state index contributed by atoms with van der Waals surface area (Å²) in [6.07, 6.45) is 3.05. The van der Waals surface area contributed by atoms with E-state index in [1.807, 2.05) is 6.20 Å². The van der Waals surface area contributed by atoms with Crippen LogP contribution in [-0.4, -0.2) is 11.6 Å². The summed E-state index contributed by atoms with van der Waals surface area (Å²) in [7, 11) is 0. The maximum absolute atomic E-state index is 5.53. The van der Waals surface area contributed by atoms with Crippen LogP contribution in [-0.2, 0) is 17.3 Å². The Balaban J connectivity index is 0.000000151. The van der Waals surface area contributed by atoms with E-state index in [1.54, 1.807) is 0 Å². The quantitative estimate of drug-likeness (QED) is 0.500. The molecule has 0 bridgehead atoms. The number of aromatic amines is 1. The standard InChI is InChI=1S/C12H15N.C12H16O/c1-12(2,3)10-4-5-11-9(8-10)6-7-13-11;1-12(2,3)10-5-4-9-6-7-13-11(9)8-10/h4-8,13H,1-3H3;4-5,8H,6-7H2,1-3H3. The molecular formula is C24H31NO. The van der Waals surface area contributed by atoms with Crippen molar-refractivity contribution in [2.75, 3.05) is 6.61 Å². The summed E-state index contributed by atoms with van der Waals surface area (Å²) >= 11 is 0. The normalized spacial score (nSPS) is 13.8. The molecule has 2 nitrogen and oxygen atoms in total. The topological polar surface area (TPSA) is 25.0 Å². The van der Waals surface area contributed by atoms with E-state index in [0.29, 0.717) is 0 Å². The Labute approximate surface area is 157 Å². The van der Waals surface area contributed by atoms with Gasteiger partial charge in [0.2, 0.25) is 0 Å². The Hall–Kier alpha value is -2.22. The molecule has 2 aromatic carbocycles. The number of ether oxygens (including phenoxy) is 1. The number of fused-ring (bicyclic) bond motifs is 2. The fourth-order valence-corrected chi connectivity index (χ4v) is 3.15. The number of hydrogen-bond donors (Lipinski definition) is 1. The van der Waals surface area contributed by atoms with Crippen molar-refractivity contribution in [2.45, 2.75) is 58.8 Å². The van der Waals surface area contributed by atoms with Gasteiger partial charge in [-0.2, -0.15) is 0 Å². The molecule has 1 aliphatic rings. The molecule has 0 atom stereocenters. The first-order valence-electron chi connectivity index (χ1n) is 9.48. The van der Waals surface area contributed by atoms with Crippen molar-refractivity contribution in [3.8, 4) is 5.75 Å². The van der Waals surface area contributed by atoms with Crippen molar-refractivity contribution in [2.24, 2.45) is 0 Å². The summed E-state index contributed by atoms with van der Waals surface area (Å²) in [6.45, 7) is 14.2. The van der Waals surface area contributed by atoms with E-state index in [1.165, 1.54) is 27.6 Å². The zero-order valence-corrected chi connectivity index (χ0v) is 16.9. The number of hydrogen-bond acceptors (Lipinski definition) is 1. The van der Waals surface area contributed by atoms with Crippen molar-refractivity contribution >= 4 is 10.9 Å². The van der Waals surface area contributed by atoms with Crippen molar-refractivity contribution in [3.05, 3.63) is 65.4 Å². The van der Waals surface area contributed by atoms with E-state index in [2.05, 4.69) is 89.0 Å². The summed E-state index contributed by atoms with van der Waals surface area (Å²) in [5.74, 6) is 1.09. The minimum Gasteiger partial charge on any atom is -0.493 e. The number of aromatic nitrogens is 1. The smallest absolute Gasteiger partial charge is 0.122 e. The highest BCUT2D eigenvalue weighted by Gasteiger charge is 2.18. The van der Waals surface area contributed by atoms with Gasteiger partial charge in [0.05, 0.1) is 6.61 Å². The summed E-state index contributed by atoms with van der Waals surface area (Å²) in [6, 6.07) is 15.3. The van der Waals surface area contributed by atoms with Crippen LogP contribution in [0.5, 0.6) is 5.75 Å². The van der Waals surface area contributed by atoms with Gasteiger partial charge in [-0.3, -0.25) is 0 Å². The summed E-state index contributed by atoms with van der Waals surface area (Å²) in [5, 5.41) is 1.30. The van der Waals surface area contributed by atoms with E-state index >= 15 is 0 Å². The van der Waals surface area contributed by atoms with Gasteiger partial charge in [-0.15, -0.1) is 0 Å². The number of H-pyrrole nitrogens is 1. The molecule has 0 amide bonds. The zero-order valence-electron chi connectivity index (χ0n) is 16.9. The maximum atomic E-state index is 5.53.